The van der Waals surface area contributed by atoms with Gasteiger partial charge in [-0.3, -0.25) is 9.59 Å². The molecule has 72 valence electrons. The first-order valence-electron chi connectivity index (χ1n) is 3.93. The number of carbonyl (C=O) groups is 2. The summed E-state index contributed by atoms with van der Waals surface area (Å²) in [4.78, 5) is 22.0. The molecule has 0 aliphatic rings. The van der Waals surface area contributed by atoms with Crippen molar-refractivity contribution in [3.05, 3.63) is 41.5 Å². The van der Waals surface area contributed by atoms with Gasteiger partial charge in [0.2, 0.25) is 11.8 Å². The van der Waals surface area contributed by atoms with Crippen LogP contribution < -0.4 is 11.5 Å². The summed E-state index contributed by atoms with van der Waals surface area (Å²) in [5.41, 5.74) is 11.0. The van der Waals surface area contributed by atoms with Crippen molar-refractivity contribution < 1.29 is 9.59 Å². The average molecular weight is 190 g/mol. The number of carbonyl (C=O) groups excluding carboxylic acids is 2. The van der Waals surface area contributed by atoms with Crippen LogP contribution in [0.15, 0.2) is 24.8 Å². The van der Waals surface area contributed by atoms with Gasteiger partial charge in [-0.2, -0.15) is 0 Å². The van der Waals surface area contributed by atoms with Crippen molar-refractivity contribution in [2.75, 3.05) is 0 Å². The van der Waals surface area contributed by atoms with Crippen LogP contribution in [0.1, 0.15) is 26.3 Å². The molecule has 0 aromatic heterocycles. The molecule has 2 amide bonds. The van der Waals surface area contributed by atoms with E-state index in [1.54, 1.807) is 12.1 Å². The minimum Gasteiger partial charge on any atom is -0.366 e. The van der Waals surface area contributed by atoms with E-state index in [9.17, 15) is 9.59 Å². The molecule has 0 fully saturated rings. The SMILES string of the molecule is C=Cc1cccc(C(N)=O)c1C(N)=O. The van der Waals surface area contributed by atoms with E-state index in [1.165, 1.54) is 12.1 Å². The number of rotatable bonds is 3. The van der Waals surface area contributed by atoms with Crippen molar-refractivity contribution in [1.82, 2.24) is 0 Å². The van der Waals surface area contributed by atoms with Crippen LogP contribution in [0.4, 0.5) is 0 Å². The van der Waals surface area contributed by atoms with Gasteiger partial charge >= 0.3 is 0 Å². The Bertz CT molecular complexity index is 411. The van der Waals surface area contributed by atoms with Gasteiger partial charge in [0.05, 0.1) is 11.1 Å². The molecule has 0 aliphatic heterocycles. The molecule has 0 spiro atoms. The van der Waals surface area contributed by atoms with Gasteiger partial charge in [-0.1, -0.05) is 24.8 Å². The molecule has 1 aromatic rings. The maximum Gasteiger partial charge on any atom is 0.250 e. The highest BCUT2D eigenvalue weighted by atomic mass is 16.2. The van der Waals surface area contributed by atoms with E-state index in [1.807, 2.05) is 0 Å². The number of nitrogens with two attached hydrogens (primary N) is 2. The smallest absolute Gasteiger partial charge is 0.250 e. The number of amides is 2. The molecule has 0 bridgehead atoms. The molecule has 14 heavy (non-hydrogen) atoms. The lowest BCUT2D eigenvalue weighted by atomic mass is 10.00. The van der Waals surface area contributed by atoms with Crippen molar-refractivity contribution in [2.24, 2.45) is 11.5 Å². The summed E-state index contributed by atoms with van der Waals surface area (Å²) in [6, 6.07) is 4.71. The summed E-state index contributed by atoms with van der Waals surface area (Å²) in [6.45, 7) is 3.51. The molecule has 0 heterocycles. The van der Waals surface area contributed by atoms with Crippen LogP contribution in [0.2, 0.25) is 0 Å². The zero-order valence-corrected chi connectivity index (χ0v) is 7.49. The third kappa shape index (κ3) is 1.64. The number of primary amides is 2. The summed E-state index contributed by atoms with van der Waals surface area (Å²) < 4.78 is 0. The highest BCUT2D eigenvalue weighted by Gasteiger charge is 2.14. The van der Waals surface area contributed by atoms with Crippen molar-refractivity contribution >= 4 is 17.9 Å². The average Bonchev–Trinajstić information content (AvgIpc) is 2.16. The number of hydrogen-bond donors (Lipinski definition) is 2. The molecule has 4 N–H and O–H groups in total. The Kier molecular flexibility index (Phi) is 2.67. The summed E-state index contributed by atoms with van der Waals surface area (Å²) in [7, 11) is 0. The fraction of sp³-hybridized carbons (Fsp3) is 0. The number of benzene rings is 1. The predicted octanol–water partition coefficient (Wildman–Crippen LogP) is 0.527. The van der Waals surface area contributed by atoms with Crippen molar-refractivity contribution in [3.8, 4) is 0 Å². The maximum atomic E-state index is 11.1. The summed E-state index contributed by atoms with van der Waals surface area (Å²) >= 11 is 0. The Balaban J connectivity index is 3.51. The van der Waals surface area contributed by atoms with Crippen LogP contribution in [-0.2, 0) is 0 Å². The Morgan fingerprint density at radius 1 is 1.21 bits per heavy atom. The monoisotopic (exact) mass is 190 g/mol. The van der Waals surface area contributed by atoms with Crippen LogP contribution in [0.25, 0.3) is 6.08 Å². The van der Waals surface area contributed by atoms with Crippen molar-refractivity contribution in [2.45, 2.75) is 0 Å². The van der Waals surface area contributed by atoms with Crippen LogP contribution in [0, 0.1) is 0 Å². The quantitative estimate of drug-likeness (QED) is 0.728. The van der Waals surface area contributed by atoms with Gasteiger partial charge in [0.15, 0.2) is 0 Å². The number of hydrogen-bond acceptors (Lipinski definition) is 2. The van der Waals surface area contributed by atoms with E-state index in [4.69, 9.17) is 11.5 Å². The molecule has 0 saturated heterocycles. The van der Waals surface area contributed by atoms with Gasteiger partial charge in [0, 0.05) is 0 Å². The maximum absolute atomic E-state index is 11.1. The second-order valence-corrected chi connectivity index (χ2v) is 2.70. The van der Waals surface area contributed by atoms with Gasteiger partial charge in [0.25, 0.3) is 0 Å². The Hall–Kier alpha value is -2.10. The molecule has 0 saturated carbocycles. The standard InChI is InChI=1S/C10H10N2O2/c1-2-6-4-3-5-7(9(11)13)8(6)10(12)14/h2-5H,1H2,(H2,11,13)(H2,12,14). The second-order valence-electron chi connectivity index (χ2n) is 2.70. The summed E-state index contributed by atoms with van der Waals surface area (Å²) in [5.74, 6) is -1.36. The van der Waals surface area contributed by atoms with E-state index >= 15 is 0 Å². The fourth-order valence-corrected chi connectivity index (χ4v) is 1.22. The largest absolute Gasteiger partial charge is 0.366 e. The molecular formula is C10H10N2O2. The van der Waals surface area contributed by atoms with Gasteiger partial charge in [-0.05, 0) is 11.6 Å². The lowest BCUT2D eigenvalue weighted by Gasteiger charge is -2.05. The summed E-state index contributed by atoms with van der Waals surface area (Å²) in [6.07, 6.45) is 1.45. The molecular weight excluding hydrogens is 180 g/mol. The highest BCUT2D eigenvalue weighted by Crippen LogP contribution is 2.15. The second kappa shape index (κ2) is 3.74. The lowest BCUT2D eigenvalue weighted by Crippen LogP contribution is -2.21. The Morgan fingerprint density at radius 3 is 2.29 bits per heavy atom. The highest BCUT2D eigenvalue weighted by molar-refractivity contribution is 6.08. The van der Waals surface area contributed by atoms with E-state index < -0.39 is 11.8 Å². The zero-order chi connectivity index (χ0) is 10.7. The predicted molar refractivity (Wildman–Crippen MR) is 53.6 cm³/mol. The molecule has 0 radical (unpaired) electrons. The van der Waals surface area contributed by atoms with Crippen LogP contribution in [0.5, 0.6) is 0 Å². The first-order valence-corrected chi connectivity index (χ1v) is 3.93. The van der Waals surface area contributed by atoms with Crippen LogP contribution in [-0.4, -0.2) is 11.8 Å². The van der Waals surface area contributed by atoms with Crippen LogP contribution in [0.3, 0.4) is 0 Å². The Morgan fingerprint density at radius 2 is 1.86 bits per heavy atom. The first-order chi connectivity index (χ1) is 6.57. The van der Waals surface area contributed by atoms with E-state index in [2.05, 4.69) is 6.58 Å². The molecule has 1 aromatic carbocycles. The molecule has 1 rings (SSSR count). The zero-order valence-electron chi connectivity index (χ0n) is 7.49. The third-order valence-electron chi connectivity index (χ3n) is 1.83. The molecule has 4 nitrogen and oxygen atoms in total. The van der Waals surface area contributed by atoms with E-state index in [0.717, 1.165) is 0 Å². The van der Waals surface area contributed by atoms with E-state index in [-0.39, 0.29) is 11.1 Å². The molecule has 0 unspecified atom stereocenters. The minimum atomic E-state index is -0.686. The third-order valence-corrected chi connectivity index (χ3v) is 1.83. The minimum absolute atomic E-state index is 0.120. The fourth-order valence-electron chi connectivity index (χ4n) is 1.22. The van der Waals surface area contributed by atoms with Crippen LogP contribution >= 0.6 is 0 Å². The van der Waals surface area contributed by atoms with Crippen molar-refractivity contribution in [3.63, 3.8) is 0 Å². The van der Waals surface area contributed by atoms with Gasteiger partial charge < -0.3 is 11.5 Å². The normalized spacial score (nSPS) is 9.43. The van der Waals surface area contributed by atoms with Gasteiger partial charge in [0.1, 0.15) is 0 Å². The molecule has 0 aliphatic carbocycles. The van der Waals surface area contributed by atoms with E-state index in [0.29, 0.717) is 5.56 Å². The molecule has 4 heteroatoms. The Labute approximate surface area is 81.2 Å². The summed E-state index contributed by atoms with van der Waals surface area (Å²) in [5, 5.41) is 0. The first kappa shape index (κ1) is 9.98. The van der Waals surface area contributed by atoms with Gasteiger partial charge in [-0.25, -0.2) is 0 Å². The van der Waals surface area contributed by atoms with Gasteiger partial charge in [-0.15, -0.1) is 0 Å². The molecule has 0 atom stereocenters. The topological polar surface area (TPSA) is 86.2 Å². The lowest BCUT2D eigenvalue weighted by molar-refractivity contribution is 0.0967. The van der Waals surface area contributed by atoms with Crippen molar-refractivity contribution in [1.29, 1.82) is 0 Å².